The minimum absolute atomic E-state index is 0.707. The van der Waals surface area contributed by atoms with Gasteiger partial charge in [-0.05, 0) is 30.9 Å². The SMILES string of the molecule is CCCC=C=CC(C)CCCC. The zero-order valence-corrected chi connectivity index (χ0v) is 8.77. The Labute approximate surface area is 77.4 Å². The van der Waals surface area contributed by atoms with Crippen molar-refractivity contribution in [3.63, 3.8) is 0 Å². The molecule has 0 aliphatic rings. The molecule has 0 aromatic rings. The first-order chi connectivity index (χ1) is 5.81. The van der Waals surface area contributed by atoms with Crippen LogP contribution in [-0.2, 0) is 0 Å². The lowest BCUT2D eigenvalue weighted by atomic mass is 10.0. The van der Waals surface area contributed by atoms with Crippen molar-refractivity contribution in [2.75, 3.05) is 0 Å². The van der Waals surface area contributed by atoms with Gasteiger partial charge in [0.2, 0.25) is 0 Å². The standard InChI is InChI=1S/C12H22/c1-4-6-8-9-11-12(3)10-7-5-2/h8,11-12H,4-7,10H2,1-3H3. The molecule has 0 aromatic heterocycles. The van der Waals surface area contributed by atoms with E-state index in [9.17, 15) is 0 Å². The average molecular weight is 166 g/mol. The number of hydrogen-bond donors (Lipinski definition) is 0. The molecule has 0 aromatic carbocycles. The molecule has 0 bridgehead atoms. The number of hydrogen-bond acceptors (Lipinski definition) is 0. The molecule has 0 fully saturated rings. The fraction of sp³-hybridized carbons (Fsp3) is 0.750. The maximum Gasteiger partial charge on any atom is -0.0186 e. The number of unbranched alkanes of at least 4 members (excludes halogenated alkanes) is 2. The van der Waals surface area contributed by atoms with Gasteiger partial charge in [0.25, 0.3) is 0 Å². The van der Waals surface area contributed by atoms with Crippen LogP contribution in [0.1, 0.15) is 52.9 Å². The second-order valence-corrected chi connectivity index (χ2v) is 3.45. The van der Waals surface area contributed by atoms with Crippen LogP contribution in [0.15, 0.2) is 17.9 Å². The van der Waals surface area contributed by atoms with Gasteiger partial charge in [-0.1, -0.05) is 40.0 Å². The highest BCUT2D eigenvalue weighted by Gasteiger charge is 1.93. The summed E-state index contributed by atoms with van der Waals surface area (Å²) < 4.78 is 0. The van der Waals surface area contributed by atoms with Crippen LogP contribution >= 0.6 is 0 Å². The lowest BCUT2D eigenvalue weighted by Crippen LogP contribution is -1.87. The lowest BCUT2D eigenvalue weighted by Gasteiger charge is -2.01. The van der Waals surface area contributed by atoms with Crippen molar-refractivity contribution in [1.82, 2.24) is 0 Å². The third-order valence-corrected chi connectivity index (χ3v) is 1.94. The topological polar surface area (TPSA) is 0 Å². The molecule has 1 atom stereocenters. The Balaban J connectivity index is 3.51. The second-order valence-electron chi connectivity index (χ2n) is 3.45. The quantitative estimate of drug-likeness (QED) is 0.515. The van der Waals surface area contributed by atoms with Crippen LogP contribution < -0.4 is 0 Å². The van der Waals surface area contributed by atoms with E-state index in [0.717, 1.165) is 6.42 Å². The Hall–Kier alpha value is -0.480. The van der Waals surface area contributed by atoms with Crippen molar-refractivity contribution in [3.8, 4) is 0 Å². The first kappa shape index (κ1) is 11.5. The predicted molar refractivity (Wildman–Crippen MR) is 56.3 cm³/mol. The van der Waals surface area contributed by atoms with E-state index >= 15 is 0 Å². The molecule has 0 nitrogen and oxygen atoms in total. The molecule has 0 aliphatic carbocycles. The zero-order chi connectivity index (χ0) is 9.23. The summed E-state index contributed by atoms with van der Waals surface area (Å²) in [5.74, 6) is 0.707. The van der Waals surface area contributed by atoms with Gasteiger partial charge >= 0.3 is 0 Å². The fourth-order valence-corrected chi connectivity index (χ4v) is 1.07. The van der Waals surface area contributed by atoms with Gasteiger partial charge in [0, 0.05) is 0 Å². The second kappa shape index (κ2) is 8.62. The van der Waals surface area contributed by atoms with Crippen molar-refractivity contribution in [3.05, 3.63) is 17.9 Å². The van der Waals surface area contributed by atoms with Crippen molar-refractivity contribution in [2.24, 2.45) is 5.92 Å². The Bertz CT molecular complexity index is 138. The van der Waals surface area contributed by atoms with Crippen LogP contribution in [0.25, 0.3) is 0 Å². The van der Waals surface area contributed by atoms with Crippen molar-refractivity contribution >= 4 is 0 Å². The van der Waals surface area contributed by atoms with E-state index in [1.807, 2.05) is 0 Å². The molecule has 0 saturated heterocycles. The molecule has 0 aliphatic heterocycles. The summed E-state index contributed by atoms with van der Waals surface area (Å²) in [7, 11) is 0. The smallest absolute Gasteiger partial charge is 0.0186 e. The Morgan fingerprint density at radius 3 is 2.58 bits per heavy atom. The molecule has 0 heteroatoms. The largest absolute Gasteiger partial charge is 0.129 e. The minimum atomic E-state index is 0.707. The molecule has 0 rings (SSSR count). The van der Waals surface area contributed by atoms with Crippen LogP contribution in [-0.4, -0.2) is 0 Å². The molecule has 0 heterocycles. The van der Waals surface area contributed by atoms with Gasteiger partial charge < -0.3 is 0 Å². The Kier molecular flexibility index (Phi) is 8.27. The van der Waals surface area contributed by atoms with Gasteiger partial charge in [0.05, 0.1) is 0 Å². The van der Waals surface area contributed by atoms with Gasteiger partial charge in [-0.15, -0.1) is 5.73 Å². The lowest BCUT2D eigenvalue weighted by molar-refractivity contribution is 0.598. The number of rotatable bonds is 6. The van der Waals surface area contributed by atoms with Crippen LogP contribution in [0.4, 0.5) is 0 Å². The summed E-state index contributed by atoms with van der Waals surface area (Å²) >= 11 is 0. The first-order valence-electron chi connectivity index (χ1n) is 5.22. The summed E-state index contributed by atoms with van der Waals surface area (Å²) in [6.45, 7) is 6.70. The summed E-state index contributed by atoms with van der Waals surface area (Å²) in [4.78, 5) is 0. The van der Waals surface area contributed by atoms with E-state index in [2.05, 4.69) is 38.7 Å². The third kappa shape index (κ3) is 7.63. The van der Waals surface area contributed by atoms with Gasteiger partial charge in [-0.25, -0.2) is 0 Å². The van der Waals surface area contributed by atoms with E-state index < -0.39 is 0 Å². The van der Waals surface area contributed by atoms with Crippen LogP contribution in [0.3, 0.4) is 0 Å². The summed E-state index contributed by atoms with van der Waals surface area (Å²) in [5.41, 5.74) is 3.24. The molecule has 1 unspecified atom stereocenters. The van der Waals surface area contributed by atoms with Gasteiger partial charge in [-0.2, -0.15) is 0 Å². The highest BCUT2D eigenvalue weighted by molar-refractivity contribution is 4.87. The molecule has 0 saturated carbocycles. The maximum atomic E-state index is 3.24. The van der Waals surface area contributed by atoms with Crippen LogP contribution in [0.5, 0.6) is 0 Å². The fourth-order valence-electron chi connectivity index (χ4n) is 1.07. The van der Waals surface area contributed by atoms with E-state index in [-0.39, 0.29) is 0 Å². The monoisotopic (exact) mass is 166 g/mol. The highest BCUT2D eigenvalue weighted by Crippen LogP contribution is 2.07. The van der Waals surface area contributed by atoms with Gasteiger partial charge in [0.1, 0.15) is 0 Å². The molecule has 0 radical (unpaired) electrons. The molecule has 70 valence electrons. The summed E-state index contributed by atoms with van der Waals surface area (Å²) in [6.07, 6.45) is 10.7. The minimum Gasteiger partial charge on any atom is -0.129 e. The van der Waals surface area contributed by atoms with Crippen LogP contribution in [0.2, 0.25) is 0 Å². The molecule has 12 heavy (non-hydrogen) atoms. The maximum absolute atomic E-state index is 3.24. The average Bonchev–Trinajstić information content (AvgIpc) is 2.09. The Morgan fingerprint density at radius 2 is 2.00 bits per heavy atom. The molecular formula is C12H22. The van der Waals surface area contributed by atoms with Crippen molar-refractivity contribution < 1.29 is 0 Å². The first-order valence-corrected chi connectivity index (χ1v) is 5.22. The summed E-state index contributed by atoms with van der Waals surface area (Å²) in [6, 6.07) is 0. The van der Waals surface area contributed by atoms with Crippen LogP contribution in [0, 0.1) is 5.92 Å². The molecular weight excluding hydrogens is 144 g/mol. The molecule has 0 amide bonds. The van der Waals surface area contributed by atoms with E-state index in [1.54, 1.807) is 0 Å². The van der Waals surface area contributed by atoms with Gasteiger partial charge in [-0.3, -0.25) is 0 Å². The van der Waals surface area contributed by atoms with Crippen molar-refractivity contribution in [1.29, 1.82) is 0 Å². The number of allylic oxidation sites excluding steroid dienone is 1. The Morgan fingerprint density at radius 1 is 1.25 bits per heavy atom. The predicted octanol–water partition coefficient (Wildman–Crippen LogP) is 4.32. The van der Waals surface area contributed by atoms with Gasteiger partial charge in [0.15, 0.2) is 0 Å². The third-order valence-electron chi connectivity index (χ3n) is 1.94. The van der Waals surface area contributed by atoms with Crippen molar-refractivity contribution in [2.45, 2.75) is 52.9 Å². The summed E-state index contributed by atoms with van der Waals surface area (Å²) in [5, 5.41) is 0. The zero-order valence-electron chi connectivity index (χ0n) is 8.77. The normalized spacial score (nSPS) is 11.9. The van der Waals surface area contributed by atoms with E-state index in [1.165, 1.54) is 25.7 Å². The van der Waals surface area contributed by atoms with E-state index in [0.29, 0.717) is 5.92 Å². The molecule has 0 spiro atoms. The van der Waals surface area contributed by atoms with E-state index in [4.69, 9.17) is 0 Å². The highest BCUT2D eigenvalue weighted by atomic mass is 14.0. The molecule has 0 N–H and O–H groups in total.